The summed E-state index contributed by atoms with van der Waals surface area (Å²) in [5.41, 5.74) is 1.55. The van der Waals surface area contributed by atoms with Crippen LogP contribution in [0.5, 0.6) is 0 Å². The molecule has 1 rings (SSSR count). The van der Waals surface area contributed by atoms with Crippen LogP contribution in [-0.4, -0.2) is 19.4 Å². The van der Waals surface area contributed by atoms with E-state index < -0.39 is 0 Å². The SMILES string of the molecule is CCCN(CCC)c1c(Cl)cccc1C=O. The van der Waals surface area contributed by atoms with Crippen molar-refractivity contribution in [1.82, 2.24) is 0 Å². The average molecular weight is 240 g/mol. The second kappa shape index (κ2) is 6.54. The zero-order valence-corrected chi connectivity index (χ0v) is 10.6. The largest absolute Gasteiger partial charge is 0.370 e. The molecule has 0 saturated carbocycles. The highest BCUT2D eigenvalue weighted by atomic mass is 35.5. The monoisotopic (exact) mass is 239 g/mol. The van der Waals surface area contributed by atoms with Gasteiger partial charge in [0.2, 0.25) is 0 Å². The van der Waals surface area contributed by atoms with E-state index in [1.165, 1.54) is 0 Å². The van der Waals surface area contributed by atoms with Crippen LogP contribution in [0.4, 0.5) is 5.69 Å². The van der Waals surface area contributed by atoms with Gasteiger partial charge in [-0.25, -0.2) is 0 Å². The number of benzene rings is 1. The van der Waals surface area contributed by atoms with E-state index in [-0.39, 0.29) is 0 Å². The highest BCUT2D eigenvalue weighted by Crippen LogP contribution is 2.29. The van der Waals surface area contributed by atoms with E-state index in [1.807, 2.05) is 18.2 Å². The molecule has 0 unspecified atom stereocenters. The van der Waals surface area contributed by atoms with Crippen LogP contribution in [0.3, 0.4) is 0 Å². The number of para-hydroxylation sites is 1. The highest BCUT2D eigenvalue weighted by molar-refractivity contribution is 6.33. The van der Waals surface area contributed by atoms with Crippen LogP contribution in [0.15, 0.2) is 18.2 Å². The molecular formula is C13H18ClNO. The number of aldehydes is 1. The Labute approximate surface area is 102 Å². The van der Waals surface area contributed by atoms with Crippen molar-refractivity contribution in [3.05, 3.63) is 28.8 Å². The molecule has 0 aliphatic rings. The standard InChI is InChI=1S/C13H18ClNO/c1-3-8-15(9-4-2)13-11(10-16)6-5-7-12(13)14/h5-7,10H,3-4,8-9H2,1-2H3. The van der Waals surface area contributed by atoms with Crippen molar-refractivity contribution in [2.45, 2.75) is 26.7 Å². The number of carbonyl (C=O) groups excluding carboxylic acids is 1. The topological polar surface area (TPSA) is 20.3 Å². The lowest BCUT2D eigenvalue weighted by atomic mass is 10.1. The van der Waals surface area contributed by atoms with Gasteiger partial charge in [0, 0.05) is 18.7 Å². The summed E-state index contributed by atoms with van der Waals surface area (Å²) in [4.78, 5) is 13.2. The molecule has 0 aromatic heterocycles. The Morgan fingerprint density at radius 2 is 1.88 bits per heavy atom. The van der Waals surface area contributed by atoms with E-state index in [0.717, 1.165) is 37.9 Å². The summed E-state index contributed by atoms with van der Waals surface area (Å²) in [5, 5.41) is 0.659. The molecule has 2 nitrogen and oxygen atoms in total. The lowest BCUT2D eigenvalue weighted by Gasteiger charge is -2.26. The average Bonchev–Trinajstić information content (AvgIpc) is 2.28. The number of hydrogen-bond donors (Lipinski definition) is 0. The molecule has 16 heavy (non-hydrogen) atoms. The molecular weight excluding hydrogens is 222 g/mol. The van der Waals surface area contributed by atoms with Gasteiger partial charge in [-0.2, -0.15) is 0 Å². The maximum absolute atomic E-state index is 11.0. The fourth-order valence-electron chi connectivity index (χ4n) is 1.84. The Kier molecular flexibility index (Phi) is 5.33. The zero-order chi connectivity index (χ0) is 12.0. The van der Waals surface area contributed by atoms with E-state index in [4.69, 9.17) is 11.6 Å². The summed E-state index contributed by atoms with van der Waals surface area (Å²) < 4.78 is 0. The van der Waals surface area contributed by atoms with Crippen LogP contribution < -0.4 is 4.90 Å². The molecule has 88 valence electrons. The molecule has 0 heterocycles. The Hall–Kier alpha value is -1.02. The predicted molar refractivity (Wildman–Crippen MR) is 69.6 cm³/mol. The van der Waals surface area contributed by atoms with Gasteiger partial charge >= 0.3 is 0 Å². The van der Waals surface area contributed by atoms with E-state index >= 15 is 0 Å². The quantitative estimate of drug-likeness (QED) is 0.705. The van der Waals surface area contributed by atoms with Gasteiger partial charge in [-0.15, -0.1) is 0 Å². The van der Waals surface area contributed by atoms with Crippen molar-refractivity contribution in [3.8, 4) is 0 Å². The van der Waals surface area contributed by atoms with Crippen LogP contribution >= 0.6 is 11.6 Å². The van der Waals surface area contributed by atoms with E-state index in [1.54, 1.807) is 0 Å². The van der Waals surface area contributed by atoms with Crippen LogP contribution in [0.2, 0.25) is 5.02 Å². The Balaban J connectivity index is 3.10. The van der Waals surface area contributed by atoms with Gasteiger partial charge in [0.15, 0.2) is 6.29 Å². The van der Waals surface area contributed by atoms with Gasteiger partial charge in [0.1, 0.15) is 0 Å². The lowest BCUT2D eigenvalue weighted by Crippen LogP contribution is -2.26. The fraction of sp³-hybridized carbons (Fsp3) is 0.462. The number of anilines is 1. The third kappa shape index (κ3) is 2.99. The number of carbonyl (C=O) groups is 1. The van der Waals surface area contributed by atoms with E-state index in [2.05, 4.69) is 18.7 Å². The zero-order valence-electron chi connectivity index (χ0n) is 9.87. The smallest absolute Gasteiger partial charge is 0.152 e. The number of nitrogens with zero attached hydrogens (tertiary/aromatic N) is 1. The van der Waals surface area contributed by atoms with Crippen molar-refractivity contribution < 1.29 is 4.79 Å². The van der Waals surface area contributed by atoms with Crippen molar-refractivity contribution in [2.24, 2.45) is 0 Å². The van der Waals surface area contributed by atoms with Crippen LogP contribution in [0.25, 0.3) is 0 Å². The third-order valence-corrected chi connectivity index (χ3v) is 2.75. The van der Waals surface area contributed by atoms with Crippen LogP contribution in [0, 0.1) is 0 Å². The Morgan fingerprint density at radius 3 is 2.38 bits per heavy atom. The minimum atomic E-state index is 0.659. The highest BCUT2D eigenvalue weighted by Gasteiger charge is 2.13. The van der Waals surface area contributed by atoms with Crippen LogP contribution in [0.1, 0.15) is 37.0 Å². The van der Waals surface area contributed by atoms with Gasteiger partial charge in [0.05, 0.1) is 10.7 Å². The first-order valence-electron chi connectivity index (χ1n) is 5.73. The summed E-state index contributed by atoms with van der Waals surface area (Å²) in [5.74, 6) is 0. The fourth-order valence-corrected chi connectivity index (χ4v) is 2.14. The molecule has 0 spiro atoms. The summed E-state index contributed by atoms with van der Waals surface area (Å²) in [6.07, 6.45) is 2.96. The Morgan fingerprint density at radius 1 is 1.25 bits per heavy atom. The molecule has 1 aromatic rings. The molecule has 0 saturated heterocycles. The molecule has 0 radical (unpaired) electrons. The molecule has 0 atom stereocenters. The molecule has 0 aliphatic heterocycles. The third-order valence-electron chi connectivity index (χ3n) is 2.45. The van der Waals surface area contributed by atoms with Crippen molar-refractivity contribution >= 4 is 23.6 Å². The minimum absolute atomic E-state index is 0.659. The molecule has 0 bridgehead atoms. The summed E-state index contributed by atoms with van der Waals surface area (Å²) in [6.45, 7) is 6.11. The second-order valence-corrected chi connectivity index (χ2v) is 4.19. The maximum atomic E-state index is 11.0. The number of halogens is 1. The van der Waals surface area contributed by atoms with Gasteiger partial charge in [-0.05, 0) is 25.0 Å². The second-order valence-electron chi connectivity index (χ2n) is 3.78. The minimum Gasteiger partial charge on any atom is -0.370 e. The van der Waals surface area contributed by atoms with Crippen molar-refractivity contribution in [1.29, 1.82) is 0 Å². The van der Waals surface area contributed by atoms with Crippen molar-refractivity contribution in [2.75, 3.05) is 18.0 Å². The van der Waals surface area contributed by atoms with Gasteiger partial charge in [-0.3, -0.25) is 4.79 Å². The first-order valence-corrected chi connectivity index (χ1v) is 6.11. The molecule has 0 N–H and O–H groups in total. The summed E-state index contributed by atoms with van der Waals surface area (Å²) in [6, 6.07) is 5.46. The van der Waals surface area contributed by atoms with Gasteiger partial charge < -0.3 is 4.90 Å². The first-order chi connectivity index (χ1) is 7.74. The van der Waals surface area contributed by atoms with Gasteiger partial charge in [-0.1, -0.05) is 31.5 Å². The molecule has 1 aromatic carbocycles. The lowest BCUT2D eigenvalue weighted by molar-refractivity contribution is 0.112. The maximum Gasteiger partial charge on any atom is 0.152 e. The van der Waals surface area contributed by atoms with Crippen molar-refractivity contribution in [3.63, 3.8) is 0 Å². The summed E-state index contributed by atoms with van der Waals surface area (Å²) in [7, 11) is 0. The Bertz CT molecular complexity index is 346. The molecule has 0 amide bonds. The molecule has 0 aliphatic carbocycles. The van der Waals surface area contributed by atoms with Gasteiger partial charge in [0.25, 0.3) is 0 Å². The van der Waals surface area contributed by atoms with Crippen LogP contribution in [-0.2, 0) is 0 Å². The van der Waals surface area contributed by atoms with E-state index in [9.17, 15) is 4.79 Å². The normalized spacial score (nSPS) is 10.2. The molecule has 0 fully saturated rings. The predicted octanol–water partition coefficient (Wildman–Crippen LogP) is 3.78. The first kappa shape index (κ1) is 13.0. The number of rotatable bonds is 6. The number of hydrogen-bond acceptors (Lipinski definition) is 2. The molecule has 3 heteroatoms. The summed E-state index contributed by atoms with van der Waals surface area (Å²) >= 11 is 6.17. The van der Waals surface area contributed by atoms with E-state index in [0.29, 0.717) is 10.6 Å².